The van der Waals surface area contributed by atoms with Gasteiger partial charge in [-0.3, -0.25) is 4.79 Å². The van der Waals surface area contributed by atoms with E-state index in [9.17, 15) is 18.0 Å². The van der Waals surface area contributed by atoms with Crippen LogP contribution in [0.5, 0.6) is 0 Å². The van der Waals surface area contributed by atoms with Crippen molar-refractivity contribution in [2.45, 2.75) is 25.1 Å². The fourth-order valence-electron chi connectivity index (χ4n) is 2.91. The Morgan fingerprint density at radius 1 is 1.32 bits per heavy atom. The highest BCUT2D eigenvalue weighted by atomic mass is 35.5. The smallest absolute Gasteiger partial charge is 0.334 e. The summed E-state index contributed by atoms with van der Waals surface area (Å²) in [6.45, 7) is 1.05. The molecule has 2 N–H and O–H groups in total. The Balaban J connectivity index is 0.00000225. The Kier molecular flexibility index (Phi) is 5.74. The van der Waals surface area contributed by atoms with Crippen LogP contribution in [0.3, 0.4) is 0 Å². The van der Waals surface area contributed by atoms with Crippen molar-refractivity contribution >= 4 is 18.3 Å². The van der Waals surface area contributed by atoms with E-state index in [1.807, 2.05) is 0 Å². The van der Waals surface area contributed by atoms with E-state index in [4.69, 9.17) is 5.73 Å². The van der Waals surface area contributed by atoms with Gasteiger partial charge in [-0.2, -0.15) is 18.3 Å². The lowest BCUT2D eigenvalue weighted by molar-refractivity contribution is -0.141. The summed E-state index contributed by atoms with van der Waals surface area (Å²) in [4.78, 5) is 14.4. The van der Waals surface area contributed by atoms with Crippen molar-refractivity contribution in [2.75, 3.05) is 13.1 Å². The molecule has 1 atom stereocenters. The molecule has 1 saturated heterocycles. The van der Waals surface area contributed by atoms with Crippen molar-refractivity contribution in [3.8, 4) is 5.69 Å². The fraction of sp³-hybridized carbons (Fsp3) is 0.375. The molecule has 0 saturated carbocycles. The second kappa shape index (κ2) is 7.45. The third kappa shape index (κ3) is 3.96. The van der Waals surface area contributed by atoms with E-state index in [1.54, 1.807) is 29.2 Å². The number of aromatic nitrogens is 2. The average Bonchev–Trinajstić information content (AvgIpc) is 3.22. The molecule has 1 aliphatic heterocycles. The van der Waals surface area contributed by atoms with Gasteiger partial charge in [-0.05, 0) is 37.1 Å². The highest BCUT2D eigenvalue weighted by Gasteiger charge is 2.33. The van der Waals surface area contributed by atoms with Gasteiger partial charge in [-0.1, -0.05) is 6.07 Å². The Labute approximate surface area is 149 Å². The van der Waals surface area contributed by atoms with Crippen LogP contribution in [0.25, 0.3) is 5.69 Å². The van der Waals surface area contributed by atoms with E-state index in [0.29, 0.717) is 24.3 Å². The summed E-state index contributed by atoms with van der Waals surface area (Å²) in [5.41, 5.74) is 5.54. The number of amides is 1. The van der Waals surface area contributed by atoms with Crippen LogP contribution < -0.4 is 5.73 Å². The summed E-state index contributed by atoms with van der Waals surface area (Å²) in [6.07, 6.45) is -1.50. The first-order chi connectivity index (χ1) is 11.4. The summed E-state index contributed by atoms with van der Waals surface area (Å²) in [5.74, 6) is -0.159. The molecule has 1 amide bonds. The number of likely N-dealkylation sites (tertiary alicyclic amines) is 1. The molecular formula is C16H18ClF3N4O. The molecule has 25 heavy (non-hydrogen) atoms. The largest absolute Gasteiger partial charge is 0.435 e. The molecule has 2 heterocycles. The van der Waals surface area contributed by atoms with Crippen LogP contribution in [0, 0.1) is 0 Å². The summed E-state index contributed by atoms with van der Waals surface area (Å²) >= 11 is 0. The molecule has 0 bridgehead atoms. The molecule has 0 spiro atoms. The molecule has 3 rings (SSSR count). The van der Waals surface area contributed by atoms with Gasteiger partial charge in [-0.25, -0.2) is 4.68 Å². The van der Waals surface area contributed by atoms with E-state index < -0.39 is 11.9 Å². The number of halogens is 4. The standard InChI is InChI=1S/C16H17F3N4O.ClH/c17-16(18,19)14-6-8-23(21-14)12-4-1-3-11(9-12)15(24)22-7-2-5-13(22)10-20;/h1,3-4,6,8-9,13H,2,5,7,10,20H2;1H. The lowest BCUT2D eigenvalue weighted by atomic mass is 10.1. The molecule has 0 aliphatic carbocycles. The highest BCUT2D eigenvalue weighted by Crippen LogP contribution is 2.28. The molecule has 5 nitrogen and oxygen atoms in total. The summed E-state index contributed by atoms with van der Waals surface area (Å²) in [5, 5.41) is 3.53. The van der Waals surface area contributed by atoms with Crippen molar-refractivity contribution in [3.05, 3.63) is 47.8 Å². The number of hydrogen-bond donors (Lipinski definition) is 1. The zero-order valence-electron chi connectivity index (χ0n) is 13.2. The van der Waals surface area contributed by atoms with Crippen LogP contribution >= 0.6 is 12.4 Å². The number of rotatable bonds is 3. The third-order valence-corrected chi connectivity index (χ3v) is 4.15. The van der Waals surface area contributed by atoms with Crippen LogP contribution in [0.15, 0.2) is 36.5 Å². The molecule has 136 valence electrons. The van der Waals surface area contributed by atoms with E-state index in [0.717, 1.165) is 23.6 Å². The molecule has 1 unspecified atom stereocenters. The number of alkyl halides is 3. The molecule has 1 fully saturated rings. The minimum atomic E-state index is -4.50. The first-order valence-corrected chi connectivity index (χ1v) is 7.64. The molecule has 9 heteroatoms. The Hall–Kier alpha value is -2.06. The highest BCUT2D eigenvalue weighted by molar-refractivity contribution is 5.95. The van der Waals surface area contributed by atoms with Gasteiger partial charge in [0.05, 0.1) is 5.69 Å². The van der Waals surface area contributed by atoms with Crippen molar-refractivity contribution < 1.29 is 18.0 Å². The zero-order valence-corrected chi connectivity index (χ0v) is 14.1. The van der Waals surface area contributed by atoms with E-state index in [-0.39, 0.29) is 24.4 Å². The van der Waals surface area contributed by atoms with Gasteiger partial charge in [-0.15, -0.1) is 12.4 Å². The molecule has 1 aromatic heterocycles. The van der Waals surface area contributed by atoms with Gasteiger partial charge in [0.2, 0.25) is 0 Å². The van der Waals surface area contributed by atoms with Crippen molar-refractivity contribution in [2.24, 2.45) is 5.73 Å². The van der Waals surface area contributed by atoms with Crippen LogP contribution in [0.4, 0.5) is 13.2 Å². The molecule has 0 radical (unpaired) electrons. The maximum Gasteiger partial charge on any atom is 0.435 e. The van der Waals surface area contributed by atoms with E-state index >= 15 is 0 Å². The Morgan fingerprint density at radius 3 is 2.72 bits per heavy atom. The molecule has 1 aromatic carbocycles. The first kappa shape index (κ1) is 19.3. The lowest BCUT2D eigenvalue weighted by Crippen LogP contribution is -2.39. The number of hydrogen-bond acceptors (Lipinski definition) is 3. The van der Waals surface area contributed by atoms with Gasteiger partial charge in [0.25, 0.3) is 5.91 Å². The normalized spacial score (nSPS) is 17.4. The molecular weight excluding hydrogens is 357 g/mol. The second-order valence-corrected chi connectivity index (χ2v) is 5.72. The Morgan fingerprint density at radius 2 is 2.08 bits per heavy atom. The van der Waals surface area contributed by atoms with Crippen molar-refractivity contribution in [1.82, 2.24) is 14.7 Å². The quantitative estimate of drug-likeness (QED) is 0.898. The van der Waals surface area contributed by atoms with Crippen molar-refractivity contribution in [1.29, 1.82) is 0 Å². The minimum Gasteiger partial charge on any atom is -0.334 e. The summed E-state index contributed by atoms with van der Waals surface area (Å²) in [6, 6.07) is 7.34. The maximum absolute atomic E-state index is 12.7. The van der Waals surface area contributed by atoms with Gasteiger partial charge in [0.15, 0.2) is 5.69 Å². The Bertz CT molecular complexity index is 747. The second-order valence-electron chi connectivity index (χ2n) is 5.72. The number of carbonyl (C=O) groups is 1. The van der Waals surface area contributed by atoms with Gasteiger partial charge in [0.1, 0.15) is 0 Å². The predicted molar refractivity (Wildman–Crippen MR) is 88.9 cm³/mol. The maximum atomic E-state index is 12.7. The van der Waals surface area contributed by atoms with Gasteiger partial charge in [0, 0.05) is 30.9 Å². The number of benzene rings is 1. The van der Waals surface area contributed by atoms with E-state index in [1.165, 1.54) is 6.20 Å². The molecule has 1 aliphatic rings. The van der Waals surface area contributed by atoms with Crippen LogP contribution in [0.1, 0.15) is 28.9 Å². The monoisotopic (exact) mass is 374 g/mol. The van der Waals surface area contributed by atoms with Crippen LogP contribution in [-0.4, -0.2) is 39.7 Å². The van der Waals surface area contributed by atoms with Crippen molar-refractivity contribution in [3.63, 3.8) is 0 Å². The van der Waals surface area contributed by atoms with Gasteiger partial charge < -0.3 is 10.6 Å². The minimum absolute atomic E-state index is 0. The number of nitrogens with zero attached hydrogens (tertiary/aromatic N) is 3. The topological polar surface area (TPSA) is 64.2 Å². The molecule has 2 aromatic rings. The average molecular weight is 375 g/mol. The lowest BCUT2D eigenvalue weighted by Gasteiger charge is -2.23. The fourth-order valence-corrected chi connectivity index (χ4v) is 2.91. The number of nitrogens with two attached hydrogens (primary N) is 1. The van der Waals surface area contributed by atoms with E-state index in [2.05, 4.69) is 5.10 Å². The first-order valence-electron chi connectivity index (χ1n) is 7.64. The number of carbonyl (C=O) groups excluding carboxylic acids is 1. The van der Waals surface area contributed by atoms with Crippen LogP contribution in [-0.2, 0) is 6.18 Å². The van der Waals surface area contributed by atoms with Crippen LogP contribution in [0.2, 0.25) is 0 Å². The SMILES string of the molecule is Cl.NCC1CCCN1C(=O)c1cccc(-n2ccc(C(F)(F)F)n2)c1. The summed E-state index contributed by atoms with van der Waals surface area (Å²) in [7, 11) is 0. The van der Waals surface area contributed by atoms with Gasteiger partial charge >= 0.3 is 6.18 Å². The zero-order chi connectivity index (χ0) is 17.3. The third-order valence-electron chi connectivity index (χ3n) is 4.15. The predicted octanol–water partition coefficient (Wildman–Crippen LogP) is 2.88. The summed E-state index contributed by atoms with van der Waals surface area (Å²) < 4.78 is 39.1.